The van der Waals surface area contributed by atoms with Crippen LogP contribution in [-0.4, -0.2) is 18.5 Å². The fourth-order valence-corrected chi connectivity index (χ4v) is 1.92. The van der Waals surface area contributed by atoms with Gasteiger partial charge in [-0.2, -0.15) is 0 Å². The maximum absolute atomic E-state index is 13.5. The minimum Gasteiger partial charge on any atom is -0.349 e. The average Bonchev–Trinajstić information content (AvgIpc) is 3.16. The van der Waals surface area contributed by atoms with Gasteiger partial charge in [0, 0.05) is 24.6 Å². The van der Waals surface area contributed by atoms with Crippen LogP contribution in [0.15, 0.2) is 18.2 Å². The Morgan fingerprint density at radius 1 is 1.42 bits per heavy atom. The summed E-state index contributed by atoms with van der Waals surface area (Å²) < 4.78 is 26.6. The molecule has 104 valence electrons. The molecule has 0 bridgehead atoms. The van der Waals surface area contributed by atoms with E-state index in [-0.39, 0.29) is 11.5 Å². The molecule has 2 rings (SSSR count). The highest BCUT2D eigenvalue weighted by Gasteiger charge is 2.20. The van der Waals surface area contributed by atoms with Crippen LogP contribution in [0, 0.1) is 11.6 Å². The fraction of sp³-hybridized carbons (Fsp3) is 0.500. The van der Waals surface area contributed by atoms with Gasteiger partial charge in [0.15, 0.2) is 0 Å². The summed E-state index contributed by atoms with van der Waals surface area (Å²) in [5, 5.41) is 5.90. The van der Waals surface area contributed by atoms with E-state index in [2.05, 4.69) is 10.6 Å². The lowest BCUT2D eigenvalue weighted by Crippen LogP contribution is -2.30. The van der Waals surface area contributed by atoms with Gasteiger partial charge >= 0.3 is 0 Å². The number of hydrogen-bond donors (Lipinski definition) is 2. The highest BCUT2D eigenvalue weighted by atomic mass is 19.1. The molecule has 1 unspecified atom stereocenters. The molecule has 1 atom stereocenters. The molecule has 0 aromatic heterocycles. The van der Waals surface area contributed by atoms with Gasteiger partial charge in [0.2, 0.25) is 5.91 Å². The van der Waals surface area contributed by atoms with Crippen molar-refractivity contribution >= 4 is 5.91 Å². The summed E-state index contributed by atoms with van der Waals surface area (Å²) in [6, 6.07) is 3.27. The first-order valence-corrected chi connectivity index (χ1v) is 6.54. The number of rotatable bonds is 6. The zero-order valence-corrected chi connectivity index (χ0v) is 10.9. The molecular formula is C14H18F2N2O. The quantitative estimate of drug-likeness (QED) is 0.831. The van der Waals surface area contributed by atoms with Crippen LogP contribution in [0.25, 0.3) is 0 Å². The average molecular weight is 268 g/mol. The second-order valence-electron chi connectivity index (χ2n) is 4.93. The standard InChI is InChI=1S/C14H18F2N2O/c1-9(12-8-10(15)2-5-13(12)16)18-14(19)6-7-17-11-3-4-11/h2,5,8-9,11,17H,3-4,6-7H2,1H3,(H,18,19). The molecule has 1 aliphatic rings. The van der Waals surface area contributed by atoms with Crippen molar-refractivity contribution in [3.63, 3.8) is 0 Å². The highest BCUT2D eigenvalue weighted by Crippen LogP contribution is 2.19. The fourth-order valence-electron chi connectivity index (χ4n) is 1.92. The Hall–Kier alpha value is -1.49. The van der Waals surface area contributed by atoms with Crippen molar-refractivity contribution in [3.8, 4) is 0 Å². The first-order chi connectivity index (χ1) is 9.06. The summed E-state index contributed by atoms with van der Waals surface area (Å²) in [6.45, 7) is 2.26. The number of hydrogen-bond acceptors (Lipinski definition) is 2. The monoisotopic (exact) mass is 268 g/mol. The van der Waals surface area contributed by atoms with E-state index in [1.165, 1.54) is 12.8 Å². The molecule has 1 aromatic carbocycles. The summed E-state index contributed by atoms with van der Waals surface area (Å²) in [5.41, 5.74) is 0.170. The van der Waals surface area contributed by atoms with Gasteiger partial charge in [0.1, 0.15) is 11.6 Å². The van der Waals surface area contributed by atoms with Crippen molar-refractivity contribution in [2.75, 3.05) is 6.54 Å². The topological polar surface area (TPSA) is 41.1 Å². The molecule has 0 aliphatic heterocycles. The first-order valence-electron chi connectivity index (χ1n) is 6.54. The van der Waals surface area contributed by atoms with Gasteiger partial charge in [-0.05, 0) is 38.0 Å². The second-order valence-corrected chi connectivity index (χ2v) is 4.93. The first kappa shape index (κ1) is 13.9. The van der Waals surface area contributed by atoms with Crippen LogP contribution in [-0.2, 0) is 4.79 Å². The van der Waals surface area contributed by atoms with E-state index in [0.717, 1.165) is 18.2 Å². The lowest BCUT2D eigenvalue weighted by atomic mass is 10.1. The molecule has 1 amide bonds. The largest absolute Gasteiger partial charge is 0.349 e. The molecule has 0 heterocycles. The Bertz CT molecular complexity index is 461. The molecule has 1 fully saturated rings. The van der Waals surface area contributed by atoms with Crippen LogP contribution in [0.2, 0.25) is 0 Å². The lowest BCUT2D eigenvalue weighted by molar-refractivity contribution is -0.121. The van der Waals surface area contributed by atoms with E-state index >= 15 is 0 Å². The Kier molecular flexibility index (Phi) is 4.47. The molecule has 2 N–H and O–H groups in total. The summed E-state index contributed by atoms with van der Waals surface area (Å²) in [7, 11) is 0. The van der Waals surface area contributed by atoms with E-state index in [4.69, 9.17) is 0 Å². The van der Waals surface area contributed by atoms with E-state index in [1.807, 2.05) is 0 Å². The molecule has 1 aliphatic carbocycles. The number of carbonyl (C=O) groups is 1. The summed E-state index contributed by atoms with van der Waals surface area (Å²) in [4.78, 5) is 11.7. The summed E-state index contributed by atoms with van der Waals surface area (Å²) in [6.07, 6.45) is 2.69. The van der Waals surface area contributed by atoms with Gasteiger partial charge in [-0.15, -0.1) is 0 Å². The molecule has 0 radical (unpaired) electrons. The second kappa shape index (κ2) is 6.10. The van der Waals surface area contributed by atoms with Crippen LogP contribution < -0.4 is 10.6 Å². The van der Waals surface area contributed by atoms with Gasteiger partial charge in [-0.3, -0.25) is 4.79 Å². The normalized spacial score (nSPS) is 16.2. The third kappa shape index (κ3) is 4.28. The van der Waals surface area contributed by atoms with Crippen LogP contribution in [0.5, 0.6) is 0 Å². The zero-order chi connectivity index (χ0) is 13.8. The zero-order valence-electron chi connectivity index (χ0n) is 10.9. The number of amides is 1. The Morgan fingerprint density at radius 2 is 2.16 bits per heavy atom. The van der Waals surface area contributed by atoms with Crippen LogP contribution in [0.4, 0.5) is 8.78 Å². The summed E-state index contributed by atoms with van der Waals surface area (Å²) in [5.74, 6) is -1.18. The SMILES string of the molecule is CC(NC(=O)CCNC1CC1)c1cc(F)ccc1F. The molecular weight excluding hydrogens is 250 g/mol. The van der Waals surface area contributed by atoms with E-state index in [9.17, 15) is 13.6 Å². The van der Waals surface area contributed by atoms with Crippen LogP contribution >= 0.6 is 0 Å². The van der Waals surface area contributed by atoms with Crippen molar-refractivity contribution < 1.29 is 13.6 Å². The van der Waals surface area contributed by atoms with Crippen molar-refractivity contribution in [3.05, 3.63) is 35.4 Å². The molecule has 3 nitrogen and oxygen atoms in total. The van der Waals surface area contributed by atoms with Gasteiger partial charge < -0.3 is 10.6 Å². The predicted octanol–water partition coefficient (Wildman–Crippen LogP) is 2.28. The number of nitrogens with one attached hydrogen (secondary N) is 2. The molecule has 5 heteroatoms. The maximum atomic E-state index is 13.5. The number of carbonyl (C=O) groups excluding carboxylic acids is 1. The van der Waals surface area contributed by atoms with E-state index in [1.54, 1.807) is 6.92 Å². The predicted molar refractivity (Wildman–Crippen MR) is 68.6 cm³/mol. The molecule has 0 saturated heterocycles. The molecule has 19 heavy (non-hydrogen) atoms. The number of halogens is 2. The summed E-state index contributed by atoms with van der Waals surface area (Å²) >= 11 is 0. The van der Waals surface area contributed by atoms with E-state index < -0.39 is 17.7 Å². The number of benzene rings is 1. The third-order valence-corrected chi connectivity index (χ3v) is 3.16. The van der Waals surface area contributed by atoms with Crippen molar-refractivity contribution in [1.82, 2.24) is 10.6 Å². The Labute approximate surface area is 111 Å². The third-order valence-electron chi connectivity index (χ3n) is 3.16. The van der Waals surface area contributed by atoms with Crippen LogP contribution in [0.1, 0.15) is 37.8 Å². The van der Waals surface area contributed by atoms with Crippen molar-refractivity contribution in [1.29, 1.82) is 0 Å². The van der Waals surface area contributed by atoms with E-state index in [0.29, 0.717) is 19.0 Å². The van der Waals surface area contributed by atoms with Crippen molar-refractivity contribution in [2.45, 2.75) is 38.3 Å². The molecule has 1 saturated carbocycles. The smallest absolute Gasteiger partial charge is 0.221 e. The van der Waals surface area contributed by atoms with Crippen molar-refractivity contribution in [2.24, 2.45) is 0 Å². The van der Waals surface area contributed by atoms with Gasteiger partial charge in [-0.25, -0.2) is 8.78 Å². The molecule has 1 aromatic rings. The molecule has 0 spiro atoms. The lowest BCUT2D eigenvalue weighted by Gasteiger charge is -2.15. The van der Waals surface area contributed by atoms with Gasteiger partial charge in [-0.1, -0.05) is 0 Å². The highest BCUT2D eigenvalue weighted by molar-refractivity contribution is 5.76. The maximum Gasteiger partial charge on any atom is 0.221 e. The minimum atomic E-state index is -0.538. The Morgan fingerprint density at radius 3 is 2.84 bits per heavy atom. The Balaban J connectivity index is 1.82. The van der Waals surface area contributed by atoms with Crippen LogP contribution in [0.3, 0.4) is 0 Å². The minimum absolute atomic E-state index is 0.163. The van der Waals surface area contributed by atoms with Gasteiger partial charge in [0.25, 0.3) is 0 Å². The van der Waals surface area contributed by atoms with Gasteiger partial charge in [0.05, 0.1) is 6.04 Å².